The average Bonchev–Trinajstić information content (AvgIpc) is 2.77. The number of carbonyl (C=O) groups is 1. The first-order chi connectivity index (χ1) is 15.6. The summed E-state index contributed by atoms with van der Waals surface area (Å²) in [6.07, 6.45) is 2.72. The van der Waals surface area contributed by atoms with Crippen LogP contribution in [-0.2, 0) is 19.6 Å². The van der Waals surface area contributed by atoms with Gasteiger partial charge in [0.2, 0.25) is 0 Å². The highest BCUT2D eigenvalue weighted by molar-refractivity contribution is 7.90. The van der Waals surface area contributed by atoms with Crippen molar-refractivity contribution >= 4 is 15.9 Å². The molecule has 2 atom stereocenters. The molecular formula is C21H26F4N2O5S. The molecule has 2 fully saturated rings. The Labute approximate surface area is 189 Å². The van der Waals surface area contributed by atoms with Gasteiger partial charge in [-0.2, -0.15) is 13.2 Å². The smallest absolute Gasteiger partial charge is 0.483 e. The lowest BCUT2D eigenvalue weighted by Crippen LogP contribution is -2.60. The number of piperidine rings is 1. The zero-order valence-electron chi connectivity index (χ0n) is 17.8. The zero-order valence-corrected chi connectivity index (χ0v) is 18.6. The van der Waals surface area contributed by atoms with Gasteiger partial charge in [0.05, 0.1) is 18.8 Å². The van der Waals surface area contributed by atoms with Crippen molar-refractivity contribution in [2.24, 2.45) is 0 Å². The standard InChI is InChI=1S/C21H26F4N2O5S/c22-15-3-1-5-18-20(15)13-6-8-14(9-7-13)31-11-17-16(26-33(29,30)21(23,24)25)4-2-10-27(17)19(28)12-32-18/h1,3,5,13-14,16-17,26H,2,4,6-12H2. The fourth-order valence-electron chi connectivity index (χ4n) is 4.99. The van der Waals surface area contributed by atoms with Crippen LogP contribution >= 0.6 is 0 Å². The molecular weight excluding hydrogens is 468 g/mol. The van der Waals surface area contributed by atoms with E-state index in [0.717, 1.165) is 0 Å². The van der Waals surface area contributed by atoms with Crippen LogP contribution in [0.4, 0.5) is 17.6 Å². The van der Waals surface area contributed by atoms with E-state index in [0.29, 0.717) is 37.7 Å². The summed E-state index contributed by atoms with van der Waals surface area (Å²) < 4.78 is 90.5. The fourth-order valence-corrected chi connectivity index (χ4v) is 5.80. The number of hydrogen-bond acceptors (Lipinski definition) is 5. The van der Waals surface area contributed by atoms with Gasteiger partial charge in [0, 0.05) is 18.2 Å². The summed E-state index contributed by atoms with van der Waals surface area (Å²) in [4.78, 5) is 14.3. The van der Waals surface area contributed by atoms with Gasteiger partial charge in [0.1, 0.15) is 11.6 Å². The van der Waals surface area contributed by atoms with Crippen LogP contribution in [0, 0.1) is 5.82 Å². The summed E-state index contributed by atoms with van der Waals surface area (Å²) in [6, 6.07) is 2.37. The average molecular weight is 495 g/mol. The summed E-state index contributed by atoms with van der Waals surface area (Å²) in [5.74, 6) is -0.751. The molecule has 2 unspecified atom stereocenters. The third kappa shape index (κ3) is 5.12. The van der Waals surface area contributed by atoms with Crippen LogP contribution in [0.1, 0.15) is 50.0 Å². The Balaban J connectivity index is 1.62. The molecule has 1 amide bonds. The van der Waals surface area contributed by atoms with Crippen molar-refractivity contribution in [3.8, 4) is 5.75 Å². The second kappa shape index (κ2) is 9.38. The Morgan fingerprint density at radius 2 is 1.82 bits per heavy atom. The highest BCUT2D eigenvalue weighted by Gasteiger charge is 2.49. The molecule has 0 spiro atoms. The summed E-state index contributed by atoms with van der Waals surface area (Å²) >= 11 is 0. The van der Waals surface area contributed by atoms with Crippen LogP contribution in [0.5, 0.6) is 5.75 Å². The van der Waals surface area contributed by atoms with Crippen molar-refractivity contribution in [3.63, 3.8) is 0 Å². The second-order valence-electron chi connectivity index (χ2n) is 8.72. The van der Waals surface area contributed by atoms with Gasteiger partial charge in [-0.25, -0.2) is 17.5 Å². The van der Waals surface area contributed by atoms with E-state index in [1.807, 2.05) is 0 Å². The summed E-state index contributed by atoms with van der Waals surface area (Å²) in [5, 5.41) is 0. The minimum Gasteiger partial charge on any atom is -0.483 e. The first-order valence-electron chi connectivity index (χ1n) is 11.0. The minimum absolute atomic E-state index is 0.0918. The first-order valence-corrected chi connectivity index (χ1v) is 12.5. The summed E-state index contributed by atoms with van der Waals surface area (Å²) in [7, 11) is -5.59. The lowest BCUT2D eigenvalue weighted by atomic mass is 9.82. The third-order valence-corrected chi connectivity index (χ3v) is 7.88. The fraction of sp³-hybridized carbons (Fsp3) is 0.667. The number of amides is 1. The maximum Gasteiger partial charge on any atom is 0.511 e. The molecule has 0 aromatic heterocycles. The number of alkyl halides is 3. The van der Waals surface area contributed by atoms with E-state index >= 15 is 0 Å². The van der Waals surface area contributed by atoms with E-state index < -0.39 is 45.9 Å². The minimum atomic E-state index is -5.59. The molecule has 184 valence electrons. The molecule has 1 aliphatic carbocycles. The molecule has 12 heteroatoms. The Morgan fingerprint density at radius 3 is 2.52 bits per heavy atom. The van der Waals surface area contributed by atoms with Crippen molar-refractivity contribution < 1.29 is 40.2 Å². The van der Waals surface area contributed by atoms with Crippen molar-refractivity contribution in [1.29, 1.82) is 0 Å². The molecule has 33 heavy (non-hydrogen) atoms. The zero-order chi connectivity index (χ0) is 23.8. The van der Waals surface area contributed by atoms with Gasteiger partial charge in [-0.3, -0.25) is 4.79 Å². The van der Waals surface area contributed by atoms with Crippen molar-refractivity contribution in [1.82, 2.24) is 9.62 Å². The topological polar surface area (TPSA) is 84.9 Å². The summed E-state index contributed by atoms with van der Waals surface area (Å²) in [6.45, 7) is -0.320. The Morgan fingerprint density at radius 1 is 1.09 bits per heavy atom. The van der Waals surface area contributed by atoms with Crippen LogP contribution in [-0.4, -0.2) is 62.7 Å². The SMILES string of the molecule is O=C1COc2cccc(F)c2C2CCC(CC2)OCC2C(NS(=O)(=O)C(F)(F)F)CCCN12. The van der Waals surface area contributed by atoms with E-state index in [4.69, 9.17) is 9.47 Å². The molecule has 1 aromatic carbocycles. The van der Waals surface area contributed by atoms with Gasteiger partial charge >= 0.3 is 15.5 Å². The Bertz CT molecular complexity index is 979. The number of sulfonamides is 1. The van der Waals surface area contributed by atoms with Gasteiger partial charge in [0.25, 0.3) is 5.91 Å². The molecule has 1 N–H and O–H groups in total. The second-order valence-corrected chi connectivity index (χ2v) is 10.4. The van der Waals surface area contributed by atoms with Gasteiger partial charge in [-0.05, 0) is 56.6 Å². The number of ether oxygens (including phenoxy) is 2. The molecule has 4 aliphatic rings. The van der Waals surface area contributed by atoms with E-state index in [1.54, 1.807) is 10.8 Å². The number of nitrogens with one attached hydrogen (secondary N) is 1. The van der Waals surface area contributed by atoms with Crippen molar-refractivity contribution in [2.75, 3.05) is 19.8 Å². The Kier molecular flexibility index (Phi) is 6.88. The van der Waals surface area contributed by atoms with Gasteiger partial charge in [-0.15, -0.1) is 0 Å². The molecule has 3 heterocycles. The Hall–Kier alpha value is -1.92. The molecule has 5 rings (SSSR count). The predicted molar refractivity (Wildman–Crippen MR) is 109 cm³/mol. The largest absolute Gasteiger partial charge is 0.511 e. The highest BCUT2D eigenvalue weighted by Crippen LogP contribution is 2.40. The van der Waals surface area contributed by atoms with Crippen LogP contribution in [0.15, 0.2) is 18.2 Å². The van der Waals surface area contributed by atoms with E-state index in [2.05, 4.69) is 0 Å². The first kappa shape index (κ1) is 24.2. The maximum atomic E-state index is 14.6. The van der Waals surface area contributed by atoms with Crippen LogP contribution < -0.4 is 9.46 Å². The molecule has 1 aromatic rings. The number of halogens is 4. The quantitative estimate of drug-likeness (QED) is 0.639. The monoisotopic (exact) mass is 494 g/mol. The molecule has 7 nitrogen and oxygen atoms in total. The number of benzene rings is 1. The molecule has 0 radical (unpaired) electrons. The summed E-state index contributed by atoms with van der Waals surface area (Å²) in [5.41, 5.74) is -5.03. The van der Waals surface area contributed by atoms with Crippen LogP contribution in [0.25, 0.3) is 0 Å². The van der Waals surface area contributed by atoms with E-state index in [9.17, 15) is 30.8 Å². The van der Waals surface area contributed by atoms with Crippen LogP contribution in [0.2, 0.25) is 0 Å². The van der Waals surface area contributed by atoms with Crippen molar-refractivity contribution in [3.05, 3.63) is 29.6 Å². The normalized spacial score (nSPS) is 29.2. The number of carbonyl (C=O) groups excluding carboxylic acids is 1. The van der Waals surface area contributed by atoms with Gasteiger partial charge < -0.3 is 14.4 Å². The molecule has 1 saturated heterocycles. The lowest BCUT2D eigenvalue weighted by molar-refractivity contribution is -0.140. The predicted octanol–water partition coefficient (Wildman–Crippen LogP) is 3.06. The van der Waals surface area contributed by atoms with Crippen LogP contribution in [0.3, 0.4) is 0 Å². The highest BCUT2D eigenvalue weighted by atomic mass is 32.2. The molecule has 3 aliphatic heterocycles. The lowest BCUT2D eigenvalue weighted by Gasteiger charge is -2.42. The third-order valence-electron chi connectivity index (χ3n) is 6.66. The van der Waals surface area contributed by atoms with E-state index in [-0.39, 0.29) is 37.3 Å². The number of rotatable bonds is 2. The van der Waals surface area contributed by atoms with Crippen molar-refractivity contribution in [2.45, 2.75) is 68.1 Å². The number of nitrogens with zero attached hydrogens (tertiary/aromatic N) is 1. The molecule has 1 saturated carbocycles. The number of hydrogen-bond donors (Lipinski definition) is 1. The number of fused-ring (bicyclic) bond motifs is 5. The van der Waals surface area contributed by atoms with E-state index in [1.165, 1.54) is 17.0 Å². The van der Waals surface area contributed by atoms with Gasteiger partial charge in [0.15, 0.2) is 6.61 Å². The molecule has 2 bridgehead atoms. The maximum absolute atomic E-state index is 14.6. The van der Waals surface area contributed by atoms with Gasteiger partial charge in [-0.1, -0.05) is 6.07 Å².